The molecule has 2 heterocycles. The minimum absolute atomic E-state index is 0.910. The van der Waals surface area contributed by atoms with Crippen LogP contribution in [0, 0.1) is 0 Å². The van der Waals surface area contributed by atoms with Gasteiger partial charge >= 0.3 is 0 Å². The monoisotopic (exact) mass is 728 g/mol. The molecule has 0 unspecified atom stereocenters. The first-order chi connectivity index (χ1) is 28.2. The molecule has 57 heavy (non-hydrogen) atoms. The molecule has 3 nitrogen and oxygen atoms in total. The smallest absolute Gasteiger partial charge is 0.135 e. The van der Waals surface area contributed by atoms with Crippen molar-refractivity contribution in [2.75, 3.05) is 4.90 Å². The molecule has 3 heteroatoms. The summed E-state index contributed by atoms with van der Waals surface area (Å²) < 4.78 is 8.52. The molecular weight excluding hydrogens is 693 g/mol. The molecule has 0 atom stereocenters. The Bertz CT molecular complexity index is 3110. The summed E-state index contributed by atoms with van der Waals surface area (Å²) in [7, 11) is 0. The highest BCUT2D eigenvalue weighted by molar-refractivity contribution is 6.11. The summed E-state index contributed by atoms with van der Waals surface area (Å²) in [5.41, 5.74) is 15.7. The molecule has 11 aromatic rings. The van der Waals surface area contributed by atoms with Crippen molar-refractivity contribution in [3.8, 4) is 39.1 Å². The zero-order valence-electron chi connectivity index (χ0n) is 31.1. The van der Waals surface area contributed by atoms with Gasteiger partial charge in [-0.25, -0.2) is 0 Å². The van der Waals surface area contributed by atoms with Crippen LogP contribution in [0.5, 0.6) is 0 Å². The third-order valence-electron chi connectivity index (χ3n) is 11.2. The SMILES string of the molecule is c1ccc(-c2ccc(N(c3ccc(-c4ccccc4)cc3)c3ccc(-n4c5ccccc5c5cc(-c6ccc7oc8ccccc8c7c6)ccc54)cc3)cc2)cc1. The fraction of sp³-hybridized carbons (Fsp3) is 0. The normalized spacial score (nSPS) is 11.5. The number of rotatable bonds is 7. The Kier molecular flexibility index (Phi) is 7.82. The number of anilines is 3. The lowest BCUT2D eigenvalue weighted by Crippen LogP contribution is -2.10. The van der Waals surface area contributed by atoms with E-state index in [1.54, 1.807) is 0 Å². The largest absolute Gasteiger partial charge is 0.456 e. The number of aromatic nitrogens is 1. The van der Waals surface area contributed by atoms with Crippen LogP contribution >= 0.6 is 0 Å². The van der Waals surface area contributed by atoms with Crippen LogP contribution in [0.15, 0.2) is 223 Å². The lowest BCUT2D eigenvalue weighted by Gasteiger charge is -2.26. The highest BCUT2D eigenvalue weighted by atomic mass is 16.3. The van der Waals surface area contributed by atoms with Gasteiger partial charge in [0.05, 0.1) is 11.0 Å². The van der Waals surface area contributed by atoms with Gasteiger partial charge in [0.25, 0.3) is 0 Å². The standard InChI is InChI=1S/C54H36N2O/c1-3-11-37(12-4-1)39-19-25-43(26-20-39)55(44-27-21-40(22-28-44)38-13-5-2-6-14-38)45-29-31-46(32-30-45)56-51-17-9-7-15-47(51)49-35-41(23-33-52(49)56)42-24-34-54-50(36-42)48-16-8-10-18-53(48)57-54/h1-36H. The summed E-state index contributed by atoms with van der Waals surface area (Å²) in [6, 6.07) is 78.2. The molecule has 0 aliphatic heterocycles. The van der Waals surface area contributed by atoms with Gasteiger partial charge in [-0.05, 0) is 118 Å². The second kappa shape index (κ2) is 13.6. The van der Waals surface area contributed by atoms with Crippen LogP contribution in [0.2, 0.25) is 0 Å². The average Bonchev–Trinajstić information content (AvgIpc) is 3.83. The Labute approximate surface area is 330 Å². The van der Waals surface area contributed by atoms with E-state index in [1.165, 1.54) is 55.2 Å². The molecular formula is C54H36N2O. The van der Waals surface area contributed by atoms with Gasteiger partial charge < -0.3 is 13.9 Å². The Morgan fingerprint density at radius 2 is 0.737 bits per heavy atom. The summed E-state index contributed by atoms with van der Waals surface area (Å²) in [5.74, 6) is 0. The van der Waals surface area contributed by atoms with Crippen LogP contribution in [0.4, 0.5) is 17.1 Å². The fourth-order valence-corrected chi connectivity index (χ4v) is 8.40. The molecule has 0 spiro atoms. The van der Waals surface area contributed by atoms with E-state index in [4.69, 9.17) is 4.42 Å². The molecule has 0 radical (unpaired) electrons. The molecule has 2 aromatic heterocycles. The van der Waals surface area contributed by atoms with Gasteiger partial charge in [-0.2, -0.15) is 0 Å². The molecule has 0 saturated heterocycles. The summed E-state index contributed by atoms with van der Waals surface area (Å²) in [6.45, 7) is 0. The van der Waals surface area contributed by atoms with Crippen LogP contribution in [-0.4, -0.2) is 4.57 Å². The molecule has 9 aromatic carbocycles. The maximum absolute atomic E-state index is 6.13. The van der Waals surface area contributed by atoms with Gasteiger partial charge in [-0.15, -0.1) is 0 Å². The van der Waals surface area contributed by atoms with Crippen molar-refractivity contribution in [1.29, 1.82) is 0 Å². The van der Waals surface area contributed by atoms with Crippen LogP contribution in [0.1, 0.15) is 0 Å². The van der Waals surface area contributed by atoms with Crippen LogP contribution in [-0.2, 0) is 0 Å². The van der Waals surface area contributed by atoms with E-state index < -0.39 is 0 Å². The number of hydrogen-bond donors (Lipinski definition) is 0. The zero-order chi connectivity index (χ0) is 37.7. The molecule has 0 fully saturated rings. The third kappa shape index (κ3) is 5.76. The maximum Gasteiger partial charge on any atom is 0.135 e. The molecule has 0 N–H and O–H groups in total. The maximum atomic E-state index is 6.13. The van der Waals surface area contributed by atoms with Crippen molar-refractivity contribution in [2.24, 2.45) is 0 Å². The molecule has 0 bridgehead atoms. The van der Waals surface area contributed by atoms with Gasteiger partial charge in [0.2, 0.25) is 0 Å². The highest BCUT2D eigenvalue weighted by Crippen LogP contribution is 2.40. The first-order valence-electron chi connectivity index (χ1n) is 19.4. The van der Waals surface area contributed by atoms with Gasteiger partial charge in [0.15, 0.2) is 0 Å². The predicted molar refractivity (Wildman–Crippen MR) is 239 cm³/mol. The Hall–Kier alpha value is -7.62. The Morgan fingerprint density at radius 3 is 1.37 bits per heavy atom. The van der Waals surface area contributed by atoms with E-state index in [1.807, 2.05) is 12.1 Å². The van der Waals surface area contributed by atoms with Crippen LogP contribution < -0.4 is 4.90 Å². The summed E-state index contributed by atoms with van der Waals surface area (Å²) in [6.07, 6.45) is 0. The Morgan fingerprint density at radius 1 is 0.298 bits per heavy atom. The number of furan rings is 1. The second-order valence-corrected chi connectivity index (χ2v) is 14.6. The number of para-hydroxylation sites is 2. The summed E-state index contributed by atoms with van der Waals surface area (Å²) in [4.78, 5) is 2.34. The second-order valence-electron chi connectivity index (χ2n) is 14.6. The van der Waals surface area contributed by atoms with Crippen molar-refractivity contribution >= 4 is 60.8 Å². The van der Waals surface area contributed by atoms with E-state index in [-0.39, 0.29) is 0 Å². The molecule has 268 valence electrons. The summed E-state index contributed by atoms with van der Waals surface area (Å²) >= 11 is 0. The van der Waals surface area contributed by atoms with Crippen molar-refractivity contribution in [2.45, 2.75) is 0 Å². The van der Waals surface area contributed by atoms with E-state index in [9.17, 15) is 0 Å². The number of fused-ring (bicyclic) bond motifs is 6. The van der Waals surface area contributed by atoms with Gasteiger partial charge in [0.1, 0.15) is 11.2 Å². The number of benzene rings is 9. The minimum Gasteiger partial charge on any atom is -0.456 e. The molecule has 11 rings (SSSR count). The lowest BCUT2D eigenvalue weighted by molar-refractivity contribution is 0.669. The first kappa shape index (κ1) is 32.8. The molecule has 0 aliphatic rings. The minimum atomic E-state index is 0.910. The first-order valence-corrected chi connectivity index (χ1v) is 19.4. The Balaban J connectivity index is 0.990. The van der Waals surface area contributed by atoms with E-state index >= 15 is 0 Å². The van der Waals surface area contributed by atoms with Crippen molar-refractivity contribution in [3.05, 3.63) is 218 Å². The van der Waals surface area contributed by atoms with Crippen molar-refractivity contribution in [1.82, 2.24) is 4.57 Å². The molecule has 0 aliphatic carbocycles. The summed E-state index contributed by atoms with van der Waals surface area (Å²) in [5, 5.41) is 4.73. The van der Waals surface area contributed by atoms with Gasteiger partial charge in [-0.3, -0.25) is 0 Å². The average molecular weight is 729 g/mol. The van der Waals surface area contributed by atoms with Crippen molar-refractivity contribution < 1.29 is 4.42 Å². The molecule has 0 saturated carbocycles. The van der Waals surface area contributed by atoms with Gasteiger partial charge in [-0.1, -0.05) is 133 Å². The molecule has 0 amide bonds. The van der Waals surface area contributed by atoms with Crippen LogP contribution in [0.25, 0.3) is 82.8 Å². The number of nitrogens with zero attached hydrogens (tertiary/aromatic N) is 2. The lowest BCUT2D eigenvalue weighted by atomic mass is 10.0. The topological polar surface area (TPSA) is 21.3 Å². The van der Waals surface area contributed by atoms with E-state index in [0.29, 0.717) is 0 Å². The van der Waals surface area contributed by atoms with E-state index in [0.717, 1.165) is 44.7 Å². The third-order valence-corrected chi connectivity index (χ3v) is 11.2. The van der Waals surface area contributed by atoms with Crippen molar-refractivity contribution in [3.63, 3.8) is 0 Å². The number of hydrogen-bond acceptors (Lipinski definition) is 2. The fourth-order valence-electron chi connectivity index (χ4n) is 8.40. The zero-order valence-corrected chi connectivity index (χ0v) is 31.1. The van der Waals surface area contributed by atoms with Crippen LogP contribution in [0.3, 0.4) is 0 Å². The highest BCUT2D eigenvalue weighted by Gasteiger charge is 2.17. The van der Waals surface area contributed by atoms with Gasteiger partial charge in [0, 0.05) is 44.3 Å². The van der Waals surface area contributed by atoms with E-state index in [2.05, 4.69) is 216 Å². The quantitative estimate of drug-likeness (QED) is 0.163. The predicted octanol–water partition coefficient (Wildman–Crippen LogP) is 15.2.